The minimum Gasteiger partial charge on any atom is -0.491 e. The number of amides is 1. The van der Waals surface area contributed by atoms with Gasteiger partial charge >= 0.3 is 0 Å². The van der Waals surface area contributed by atoms with Crippen molar-refractivity contribution in [3.8, 4) is 5.75 Å². The lowest BCUT2D eigenvalue weighted by Crippen LogP contribution is -2.26. The monoisotopic (exact) mass is 459 g/mol. The van der Waals surface area contributed by atoms with E-state index in [9.17, 15) is 14.3 Å². The summed E-state index contributed by atoms with van der Waals surface area (Å²) in [6.45, 7) is 2.79. The number of carbonyl (C=O) groups excluding carboxylic acids is 1. The van der Waals surface area contributed by atoms with Gasteiger partial charge in [-0.25, -0.2) is 9.37 Å². The molecule has 1 saturated heterocycles. The molecule has 0 spiro atoms. The Morgan fingerprint density at radius 2 is 1.91 bits per heavy atom. The number of hydrogen-bond acceptors (Lipinski definition) is 4. The normalized spacial score (nSPS) is 16.9. The van der Waals surface area contributed by atoms with Gasteiger partial charge in [-0.05, 0) is 48.9 Å². The Bertz CT molecular complexity index is 1340. The van der Waals surface area contributed by atoms with Crippen molar-refractivity contribution in [1.82, 2.24) is 9.55 Å². The number of carbonyl (C=O) groups is 1. The van der Waals surface area contributed by atoms with Gasteiger partial charge in [-0.3, -0.25) is 4.79 Å². The summed E-state index contributed by atoms with van der Waals surface area (Å²) >= 11 is 0. The highest BCUT2D eigenvalue weighted by molar-refractivity contribution is 5.96. The molecular formula is C27H26FN3O3. The number of aliphatic hydroxyl groups excluding tert-OH is 1. The molecule has 1 aromatic heterocycles. The van der Waals surface area contributed by atoms with E-state index in [1.54, 1.807) is 17.0 Å². The van der Waals surface area contributed by atoms with E-state index >= 15 is 0 Å². The molecule has 174 valence electrons. The Morgan fingerprint density at radius 1 is 1.12 bits per heavy atom. The maximum absolute atomic E-state index is 13.7. The van der Waals surface area contributed by atoms with Crippen LogP contribution in [-0.2, 0) is 11.3 Å². The quantitative estimate of drug-likeness (QED) is 0.444. The van der Waals surface area contributed by atoms with Gasteiger partial charge in [0.25, 0.3) is 0 Å². The Hall–Kier alpha value is -3.71. The second kappa shape index (κ2) is 9.27. The van der Waals surface area contributed by atoms with Gasteiger partial charge in [-0.15, -0.1) is 0 Å². The molecule has 1 fully saturated rings. The molecule has 0 bridgehead atoms. The van der Waals surface area contributed by atoms with Crippen molar-refractivity contribution in [2.45, 2.75) is 31.9 Å². The van der Waals surface area contributed by atoms with E-state index in [2.05, 4.69) is 0 Å². The summed E-state index contributed by atoms with van der Waals surface area (Å²) in [5, 5.41) is 10.8. The summed E-state index contributed by atoms with van der Waals surface area (Å²) in [7, 11) is 0. The van der Waals surface area contributed by atoms with Crippen LogP contribution in [0.1, 0.15) is 23.7 Å². The summed E-state index contributed by atoms with van der Waals surface area (Å²) in [5.41, 5.74) is 3.25. The van der Waals surface area contributed by atoms with Crippen molar-refractivity contribution in [2.24, 2.45) is 0 Å². The summed E-state index contributed by atoms with van der Waals surface area (Å²) in [4.78, 5) is 19.2. The molecule has 1 N–H and O–H groups in total. The maximum atomic E-state index is 13.7. The molecule has 3 aromatic carbocycles. The number of aliphatic hydroxyl groups is 1. The minimum atomic E-state index is -0.771. The Kier molecular flexibility index (Phi) is 6.02. The number of halogens is 1. The molecule has 4 aromatic rings. The van der Waals surface area contributed by atoms with Crippen molar-refractivity contribution in [1.29, 1.82) is 0 Å². The van der Waals surface area contributed by atoms with Crippen LogP contribution >= 0.6 is 0 Å². The number of anilines is 1. The van der Waals surface area contributed by atoms with E-state index in [1.807, 2.05) is 60.0 Å². The standard InChI is InChI=1S/C27H26FN3O3/c1-18-7-2-5-12-25(18)34-17-22(32)16-31-24-11-4-3-10-23(24)29-27(31)19-13-26(33)30(15-19)21-9-6-8-20(28)14-21/h2-12,14,19,22,32H,13,15-17H2,1H3/t19-,22-/m0/s1. The molecule has 2 atom stereocenters. The topological polar surface area (TPSA) is 67.6 Å². The van der Waals surface area contributed by atoms with E-state index in [0.29, 0.717) is 12.2 Å². The number of fused-ring (bicyclic) bond motifs is 1. The molecule has 1 aliphatic heterocycles. The number of nitrogens with zero attached hydrogens (tertiary/aromatic N) is 3. The maximum Gasteiger partial charge on any atom is 0.227 e. The predicted molar refractivity (Wildman–Crippen MR) is 129 cm³/mol. The van der Waals surface area contributed by atoms with E-state index in [-0.39, 0.29) is 37.2 Å². The predicted octanol–water partition coefficient (Wildman–Crippen LogP) is 4.44. The molecule has 0 unspecified atom stereocenters. The van der Waals surface area contributed by atoms with Crippen LogP contribution in [-0.4, -0.2) is 39.8 Å². The molecule has 6 nitrogen and oxygen atoms in total. The van der Waals surface area contributed by atoms with Gasteiger partial charge in [0, 0.05) is 24.6 Å². The van der Waals surface area contributed by atoms with E-state index < -0.39 is 6.10 Å². The zero-order chi connectivity index (χ0) is 23.7. The number of imidazole rings is 1. The molecule has 7 heteroatoms. The number of para-hydroxylation sites is 3. The van der Waals surface area contributed by atoms with Gasteiger partial charge in [-0.1, -0.05) is 36.4 Å². The number of benzene rings is 3. The number of aryl methyl sites for hydroxylation is 1. The van der Waals surface area contributed by atoms with Crippen molar-refractivity contribution in [2.75, 3.05) is 18.1 Å². The molecule has 34 heavy (non-hydrogen) atoms. The largest absolute Gasteiger partial charge is 0.491 e. The molecule has 2 heterocycles. The molecule has 0 aliphatic carbocycles. The number of aromatic nitrogens is 2. The first-order valence-corrected chi connectivity index (χ1v) is 11.4. The van der Waals surface area contributed by atoms with Crippen molar-refractivity contribution in [3.05, 3.63) is 90.0 Å². The molecule has 5 rings (SSSR count). The highest BCUT2D eigenvalue weighted by Crippen LogP contribution is 2.33. The number of rotatable bonds is 7. The Labute approximate surface area is 197 Å². The summed E-state index contributed by atoms with van der Waals surface area (Å²) in [6.07, 6.45) is -0.497. The van der Waals surface area contributed by atoms with Crippen LogP contribution in [0.2, 0.25) is 0 Å². The van der Waals surface area contributed by atoms with Gasteiger partial charge in [0.05, 0.1) is 17.6 Å². The van der Waals surface area contributed by atoms with Crippen LogP contribution in [0.5, 0.6) is 5.75 Å². The lowest BCUT2D eigenvalue weighted by molar-refractivity contribution is -0.117. The zero-order valence-electron chi connectivity index (χ0n) is 18.9. The third kappa shape index (κ3) is 4.39. The van der Waals surface area contributed by atoms with E-state index in [0.717, 1.165) is 28.2 Å². The number of hydrogen-bond donors (Lipinski definition) is 1. The molecule has 0 saturated carbocycles. The van der Waals surface area contributed by atoms with Crippen LogP contribution in [0, 0.1) is 12.7 Å². The average molecular weight is 460 g/mol. The molecule has 1 aliphatic rings. The second-order valence-electron chi connectivity index (χ2n) is 8.68. The summed E-state index contributed by atoms with van der Waals surface area (Å²) in [5.74, 6) is 0.857. The second-order valence-corrected chi connectivity index (χ2v) is 8.68. The molecule has 1 amide bonds. The van der Waals surface area contributed by atoms with Gasteiger partial charge in [-0.2, -0.15) is 0 Å². The lowest BCUT2D eigenvalue weighted by atomic mass is 10.1. The van der Waals surface area contributed by atoms with Crippen LogP contribution < -0.4 is 9.64 Å². The SMILES string of the molecule is Cc1ccccc1OC[C@@H](O)Cn1c([C@H]2CC(=O)N(c3cccc(F)c3)C2)nc2ccccc21. The lowest BCUT2D eigenvalue weighted by Gasteiger charge is -2.19. The van der Waals surface area contributed by atoms with E-state index in [1.165, 1.54) is 12.1 Å². The Balaban J connectivity index is 1.39. The van der Waals surface area contributed by atoms with Crippen molar-refractivity contribution >= 4 is 22.6 Å². The fourth-order valence-electron chi connectivity index (χ4n) is 4.54. The molecule has 0 radical (unpaired) electrons. The van der Waals surface area contributed by atoms with Crippen molar-refractivity contribution < 1.29 is 19.0 Å². The molecular weight excluding hydrogens is 433 g/mol. The van der Waals surface area contributed by atoms with Gasteiger partial charge in [0.15, 0.2) is 0 Å². The van der Waals surface area contributed by atoms with Crippen LogP contribution in [0.4, 0.5) is 10.1 Å². The zero-order valence-corrected chi connectivity index (χ0v) is 18.9. The van der Waals surface area contributed by atoms with Gasteiger partial charge < -0.3 is 19.3 Å². The highest BCUT2D eigenvalue weighted by Gasteiger charge is 2.35. The fraction of sp³-hybridized carbons (Fsp3) is 0.259. The summed E-state index contributed by atoms with van der Waals surface area (Å²) < 4.78 is 21.6. The Morgan fingerprint density at radius 3 is 2.74 bits per heavy atom. The van der Waals surface area contributed by atoms with Crippen molar-refractivity contribution in [3.63, 3.8) is 0 Å². The smallest absolute Gasteiger partial charge is 0.227 e. The van der Waals surface area contributed by atoms with Gasteiger partial charge in [0.2, 0.25) is 5.91 Å². The first-order valence-electron chi connectivity index (χ1n) is 11.4. The fourth-order valence-corrected chi connectivity index (χ4v) is 4.54. The first-order chi connectivity index (χ1) is 16.5. The highest BCUT2D eigenvalue weighted by atomic mass is 19.1. The third-order valence-corrected chi connectivity index (χ3v) is 6.21. The van der Waals surface area contributed by atoms with E-state index in [4.69, 9.17) is 9.72 Å². The van der Waals surface area contributed by atoms with Gasteiger partial charge in [0.1, 0.15) is 30.1 Å². The minimum absolute atomic E-state index is 0.0716. The third-order valence-electron chi connectivity index (χ3n) is 6.21. The first kappa shape index (κ1) is 22.1. The number of ether oxygens (including phenoxy) is 1. The average Bonchev–Trinajstić information content (AvgIpc) is 3.39. The van der Waals surface area contributed by atoms with Crippen LogP contribution in [0.15, 0.2) is 72.8 Å². The summed E-state index contributed by atoms with van der Waals surface area (Å²) in [6, 6.07) is 21.5. The van der Waals surface area contributed by atoms with Crippen LogP contribution in [0.3, 0.4) is 0 Å². The van der Waals surface area contributed by atoms with Crippen LogP contribution in [0.25, 0.3) is 11.0 Å².